The lowest BCUT2D eigenvalue weighted by Crippen LogP contribution is -2.63. The molecule has 4 rings (SSSR count). The molecule has 1 saturated carbocycles. The summed E-state index contributed by atoms with van der Waals surface area (Å²) in [4.78, 5) is 0. The summed E-state index contributed by atoms with van der Waals surface area (Å²) in [5, 5.41) is 7.15. The van der Waals surface area contributed by atoms with E-state index in [4.69, 9.17) is 0 Å². The third-order valence-corrected chi connectivity index (χ3v) is 13.6. The molecule has 0 aromatic heterocycles. The fraction of sp³-hybridized carbons (Fsp3) is 0.677. The maximum absolute atomic E-state index is 3.58. The summed E-state index contributed by atoms with van der Waals surface area (Å²) in [6.45, 7) is 27.3. The summed E-state index contributed by atoms with van der Waals surface area (Å²) in [7, 11) is -1.69. The molecule has 0 amide bonds. The normalized spacial score (nSPS) is 28.4. The zero-order valence-corrected chi connectivity index (χ0v) is 25.1. The van der Waals surface area contributed by atoms with E-state index in [2.05, 4.69) is 120 Å². The maximum atomic E-state index is 3.58. The number of fused-ring (bicyclic) bond motifs is 1. The van der Waals surface area contributed by atoms with Gasteiger partial charge in [0, 0.05) is 20.0 Å². The molecule has 2 aliphatic carbocycles. The van der Waals surface area contributed by atoms with E-state index in [1.807, 2.05) is 0 Å². The molecule has 2 fully saturated rings. The molecule has 1 saturated heterocycles. The predicted molar refractivity (Wildman–Crippen MR) is 155 cm³/mol. The van der Waals surface area contributed by atoms with E-state index < -0.39 is 8.24 Å². The average molecular weight is 494 g/mol. The second-order valence-electron chi connectivity index (χ2n) is 14.3. The van der Waals surface area contributed by atoms with Crippen LogP contribution in [0.2, 0.25) is 18.6 Å². The average Bonchev–Trinajstić information content (AvgIpc) is 3.19. The van der Waals surface area contributed by atoms with E-state index >= 15 is 0 Å². The Morgan fingerprint density at radius 1 is 0.914 bits per heavy atom. The lowest BCUT2D eigenvalue weighted by atomic mass is 9.75. The lowest BCUT2D eigenvalue weighted by Gasteiger charge is -2.48. The maximum Gasteiger partial charge on any atom is 0.129 e. The van der Waals surface area contributed by atoms with Gasteiger partial charge in [-0.25, -0.2) is 0 Å². The Balaban J connectivity index is 1.76. The Kier molecular flexibility index (Phi) is 7.36. The fourth-order valence-corrected chi connectivity index (χ4v) is 11.2. The Hall–Kier alpha value is -1.20. The smallest absolute Gasteiger partial charge is 0.129 e. The van der Waals surface area contributed by atoms with Crippen molar-refractivity contribution in [1.29, 1.82) is 0 Å². The Morgan fingerprint density at radius 2 is 1.49 bits per heavy atom. The zero-order valence-electron chi connectivity index (χ0n) is 24.1. The molecular weight excluding hydrogens is 442 g/mol. The topological polar surface area (TPSA) is 27.3 Å². The molecule has 35 heavy (non-hydrogen) atoms. The first-order valence-electron chi connectivity index (χ1n) is 13.9. The molecule has 1 aromatic carbocycles. The van der Waals surface area contributed by atoms with Gasteiger partial charge in [-0.1, -0.05) is 105 Å². The van der Waals surface area contributed by atoms with Gasteiger partial charge in [0.25, 0.3) is 0 Å². The van der Waals surface area contributed by atoms with Crippen LogP contribution in [0.3, 0.4) is 0 Å². The van der Waals surface area contributed by atoms with Crippen LogP contribution in [0.15, 0.2) is 36.4 Å². The SMILES string of the molecule is CC(C)C1CC2C(c3cc(C(C)(C)C)cc(C(C)(C)C)c3)=CC=CC2C1[Si](C)(C)N1CNCNC1. The van der Waals surface area contributed by atoms with Crippen molar-refractivity contribution >= 4 is 13.8 Å². The fourth-order valence-electron chi connectivity index (χ4n) is 6.93. The van der Waals surface area contributed by atoms with Gasteiger partial charge in [-0.05, 0) is 68.7 Å². The highest BCUT2D eigenvalue weighted by molar-refractivity contribution is 6.76. The van der Waals surface area contributed by atoms with Gasteiger partial charge in [0.15, 0.2) is 0 Å². The van der Waals surface area contributed by atoms with Crippen LogP contribution in [-0.4, -0.2) is 32.8 Å². The molecule has 1 aromatic rings. The molecule has 1 aliphatic heterocycles. The third-order valence-electron chi connectivity index (χ3n) is 9.22. The molecule has 0 radical (unpaired) electrons. The summed E-state index contributed by atoms with van der Waals surface area (Å²) in [5.41, 5.74) is 7.02. The van der Waals surface area contributed by atoms with Crippen molar-refractivity contribution in [2.45, 2.75) is 91.3 Å². The molecular formula is C31H51N3Si. The molecule has 194 valence electrons. The third kappa shape index (κ3) is 5.27. The molecule has 2 N–H and O–H groups in total. The number of nitrogens with zero attached hydrogens (tertiary/aromatic N) is 1. The van der Waals surface area contributed by atoms with E-state index in [9.17, 15) is 0 Å². The number of benzene rings is 1. The largest absolute Gasteiger partial charge is 0.299 e. The van der Waals surface area contributed by atoms with Gasteiger partial charge in [0.1, 0.15) is 8.24 Å². The summed E-state index contributed by atoms with van der Waals surface area (Å²) < 4.78 is 2.77. The molecule has 4 unspecified atom stereocenters. The summed E-state index contributed by atoms with van der Waals surface area (Å²) in [6.07, 6.45) is 8.75. The molecule has 0 bridgehead atoms. The first-order valence-corrected chi connectivity index (χ1v) is 16.9. The van der Waals surface area contributed by atoms with Crippen molar-refractivity contribution in [3.05, 3.63) is 53.1 Å². The van der Waals surface area contributed by atoms with Gasteiger partial charge in [-0.2, -0.15) is 0 Å². The van der Waals surface area contributed by atoms with Crippen molar-refractivity contribution in [2.24, 2.45) is 23.7 Å². The van der Waals surface area contributed by atoms with Crippen LogP contribution in [0.25, 0.3) is 5.57 Å². The Bertz CT molecular complexity index is 938. The zero-order chi connectivity index (χ0) is 25.8. The number of allylic oxidation sites excluding steroid dienone is 4. The van der Waals surface area contributed by atoms with Crippen LogP contribution in [0.1, 0.15) is 78.5 Å². The van der Waals surface area contributed by atoms with Crippen LogP contribution in [0.5, 0.6) is 0 Å². The monoisotopic (exact) mass is 493 g/mol. The lowest BCUT2D eigenvalue weighted by molar-refractivity contribution is 0.272. The molecule has 1 heterocycles. The highest BCUT2D eigenvalue weighted by atomic mass is 28.3. The van der Waals surface area contributed by atoms with E-state index in [1.54, 1.807) is 5.57 Å². The number of rotatable bonds is 4. The first-order chi connectivity index (χ1) is 16.2. The minimum absolute atomic E-state index is 0.141. The van der Waals surface area contributed by atoms with Crippen molar-refractivity contribution in [1.82, 2.24) is 15.2 Å². The Labute approximate surface area is 216 Å². The van der Waals surface area contributed by atoms with Crippen LogP contribution in [-0.2, 0) is 10.8 Å². The van der Waals surface area contributed by atoms with Crippen LogP contribution in [0, 0.1) is 23.7 Å². The number of hydrogen-bond acceptors (Lipinski definition) is 3. The van der Waals surface area contributed by atoms with E-state index in [0.29, 0.717) is 17.8 Å². The van der Waals surface area contributed by atoms with Gasteiger partial charge in [-0.15, -0.1) is 0 Å². The van der Waals surface area contributed by atoms with Crippen molar-refractivity contribution in [2.75, 3.05) is 20.0 Å². The van der Waals surface area contributed by atoms with Crippen molar-refractivity contribution in [3.63, 3.8) is 0 Å². The summed E-state index contributed by atoms with van der Waals surface area (Å²) >= 11 is 0. The van der Waals surface area contributed by atoms with Crippen molar-refractivity contribution < 1.29 is 0 Å². The molecule has 3 nitrogen and oxygen atoms in total. The van der Waals surface area contributed by atoms with Crippen molar-refractivity contribution in [3.8, 4) is 0 Å². The predicted octanol–water partition coefficient (Wildman–Crippen LogP) is 7.09. The van der Waals surface area contributed by atoms with Gasteiger partial charge in [0.2, 0.25) is 0 Å². The van der Waals surface area contributed by atoms with Crippen LogP contribution in [0.4, 0.5) is 0 Å². The number of hydrogen-bond donors (Lipinski definition) is 2. The Morgan fingerprint density at radius 3 is 2.00 bits per heavy atom. The van der Waals surface area contributed by atoms with Gasteiger partial charge in [0.05, 0.1) is 0 Å². The standard InChI is InChI=1S/C31H51N3Si/c1-21(2)27-17-28-25(22-14-23(30(3,4)5)16-24(15-22)31(6,7)8)12-11-13-26(28)29(27)35(9,10)34-19-32-18-33-20-34/h11-16,21,26-29,32-33H,17-20H2,1-10H3. The quantitative estimate of drug-likeness (QED) is 0.439. The van der Waals surface area contributed by atoms with Gasteiger partial charge in [-0.3, -0.25) is 15.2 Å². The van der Waals surface area contributed by atoms with E-state index in [-0.39, 0.29) is 10.8 Å². The summed E-state index contributed by atoms with van der Waals surface area (Å²) in [5.74, 6) is 2.75. The highest BCUT2D eigenvalue weighted by Gasteiger charge is 2.54. The molecule has 4 heteroatoms. The highest BCUT2D eigenvalue weighted by Crippen LogP contribution is 2.59. The molecule has 4 atom stereocenters. The minimum atomic E-state index is -1.69. The molecule has 3 aliphatic rings. The minimum Gasteiger partial charge on any atom is -0.299 e. The first kappa shape index (κ1) is 26.8. The van der Waals surface area contributed by atoms with E-state index in [1.165, 1.54) is 23.1 Å². The summed E-state index contributed by atoms with van der Waals surface area (Å²) in [6, 6.07) is 7.48. The van der Waals surface area contributed by atoms with Gasteiger partial charge < -0.3 is 0 Å². The van der Waals surface area contributed by atoms with Gasteiger partial charge >= 0.3 is 0 Å². The second-order valence-corrected chi connectivity index (χ2v) is 19.0. The molecule has 0 spiro atoms. The van der Waals surface area contributed by atoms with Crippen LogP contribution >= 0.6 is 0 Å². The second kappa shape index (κ2) is 9.59. The van der Waals surface area contributed by atoms with Crippen LogP contribution < -0.4 is 10.6 Å². The van der Waals surface area contributed by atoms with E-state index in [0.717, 1.165) is 31.5 Å². The number of nitrogens with one attached hydrogen (secondary N) is 2.